The molecule has 0 fully saturated rings. The summed E-state index contributed by atoms with van der Waals surface area (Å²) < 4.78 is 56.0. The molecule has 0 aliphatic rings. The zero-order valence-electron chi connectivity index (χ0n) is 22.5. The molecule has 42 heavy (non-hydrogen) atoms. The molecule has 8 nitrogen and oxygen atoms in total. The standard InChI is InChI=1S/C29H24Cl2F3N3O5/c1-40-20-8-4-17(5-9-20)14-36(15-18-6-10-21(41-2)11-7-18)26-24(28(39)42-3)27(38)37(16-35-26)25-22(30)12-19(13-23(25)31)29(32,33)34/h4-13,16H,14-15H2,1-3H3. The van der Waals surface area contributed by atoms with Gasteiger partial charge in [0.25, 0.3) is 5.56 Å². The van der Waals surface area contributed by atoms with Gasteiger partial charge in [0.05, 0.1) is 42.6 Å². The molecule has 0 saturated heterocycles. The predicted octanol–water partition coefficient (Wildman–Crippen LogP) is 6.57. The SMILES string of the molecule is COC(=O)c1c(N(Cc2ccc(OC)cc2)Cc2ccc(OC)cc2)ncn(-c2c(Cl)cc(C(F)(F)F)cc2Cl)c1=O. The van der Waals surface area contributed by atoms with Crippen LogP contribution in [0.1, 0.15) is 27.0 Å². The van der Waals surface area contributed by atoms with Crippen LogP contribution in [0.5, 0.6) is 11.5 Å². The van der Waals surface area contributed by atoms with Gasteiger partial charge < -0.3 is 19.1 Å². The topological polar surface area (TPSA) is 82.9 Å². The van der Waals surface area contributed by atoms with Gasteiger partial charge in [-0.25, -0.2) is 9.78 Å². The van der Waals surface area contributed by atoms with Crippen LogP contribution in [0, 0.1) is 0 Å². The molecule has 0 aliphatic heterocycles. The summed E-state index contributed by atoms with van der Waals surface area (Å²) in [6, 6.07) is 15.6. The number of carbonyl (C=O) groups is 1. The zero-order valence-corrected chi connectivity index (χ0v) is 24.0. The zero-order chi connectivity index (χ0) is 30.6. The number of rotatable bonds is 9. The highest BCUT2D eigenvalue weighted by Gasteiger charge is 2.33. The summed E-state index contributed by atoms with van der Waals surface area (Å²) in [5.74, 6) is 0.253. The smallest absolute Gasteiger partial charge is 0.416 e. The Morgan fingerprint density at radius 3 is 1.76 bits per heavy atom. The Kier molecular flexibility index (Phi) is 9.33. The minimum atomic E-state index is -4.72. The first-order valence-electron chi connectivity index (χ1n) is 12.2. The second kappa shape index (κ2) is 12.7. The number of hydrogen-bond donors (Lipinski definition) is 0. The Morgan fingerprint density at radius 1 is 0.881 bits per heavy atom. The lowest BCUT2D eigenvalue weighted by molar-refractivity contribution is -0.137. The fourth-order valence-electron chi connectivity index (χ4n) is 4.19. The maximum absolute atomic E-state index is 13.8. The number of carbonyl (C=O) groups excluding carboxylic acids is 1. The Bertz CT molecular complexity index is 1570. The maximum Gasteiger partial charge on any atom is 0.416 e. The van der Waals surface area contributed by atoms with Gasteiger partial charge in [0.1, 0.15) is 17.8 Å². The number of nitrogens with zero attached hydrogens (tertiary/aromatic N) is 3. The molecule has 0 bridgehead atoms. The van der Waals surface area contributed by atoms with Crippen LogP contribution in [-0.2, 0) is 24.0 Å². The molecule has 0 unspecified atom stereocenters. The van der Waals surface area contributed by atoms with Crippen LogP contribution in [0.15, 0.2) is 71.8 Å². The van der Waals surface area contributed by atoms with Crippen molar-refractivity contribution in [3.63, 3.8) is 0 Å². The van der Waals surface area contributed by atoms with Crippen LogP contribution in [0.3, 0.4) is 0 Å². The van der Waals surface area contributed by atoms with Crippen LogP contribution in [0.25, 0.3) is 5.69 Å². The predicted molar refractivity (Wildman–Crippen MR) is 152 cm³/mol. The third kappa shape index (κ3) is 6.63. The molecule has 220 valence electrons. The van der Waals surface area contributed by atoms with Crippen molar-refractivity contribution >= 4 is 35.0 Å². The van der Waals surface area contributed by atoms with E-state index in [0.29, 0.717) is 23.6 Å². The Hall–Kier alpha value is -4.22. The number of halogens is 5. The second-order valence-electron chi connectivity index (χ2n) is 8.95. The third-order valence-electron chi connectivity index (χ3n) is 6.29. The Labute approximate surface area is 248 Å². The molecular weight excluding hydrogens is 598 g/mol. The summed E-state index contributed by atoms with van der Waals surface area (Å²) >= 11 is 12.3. The second-order valence-corrected chi connectivity index (χ2v) is 9.76. The number of benzene rings is 3. The molecule has 0 saturated carbocycles. The normalized spacial score (nSPS) is 11.2. The minimum absolute atomic E-state index is 0.0195. The van der Waals surface area contributed by atoms with Crippen LogP contribution in [0.4, 0.5) is 19.0 Å². The van der Waals surface area contributed by atoms with E-state index in [9.17, 15) is 22.8 Å². The molecule has 13 heteroatoms. The van der Waals surface area contributed by atoms with Crippen molar-refractivity contribution in [1.29, 1.82) is 0 Å². The number of aromatic nitrogens is 2. The summed E-state index contributed by atoms with van der Waals surface area (Å²) in [6.45, 7) is 0.413. The lowest BCUT2D eigenvalue weighted by atomic mass is 10.1. The molecule has 4 aromatic rings. The van der Waals surface area contributed by atoms with Crippen molar-refractivity contribution in [1.82, 2.24) is 9.55 Å². The van der Waals surface area contributed by atoms with E-state index in [4.69, 9.17) is 37.4 Å². The average Bonchev–Trinajstić information content (AvgIpc) is 2.97. The van der Waals surface area contributed by atoms with Gasteiger partial charge in [-0.15, -0.1) is 0 Å². The fraction of sp³-hybridized carbons (Fsp3) is 0.207. The van der Waals surface area contributed by atoms with E-state index < -0.39 is 38.9 Å². The maximum atomic E-state index is 13.8. The summed E-state index contributed by atoms with van der Waals surface area (Å²) in [5.41, 5.74) is -1.16. The first-order chi connectivity index (χ1) is 20.0. The van der Waals surface area contributed by atoms with Gasteiger partial charge in [0.2, 0.25) is 0 Å². The van der Waals surface area contributed by atoms with E-state index in [1.807, 2.05) is 24.3 Å². The lowest BCUT2D eigenvalue weighted by Gasteiger charge is -2.26. The van der Waals surface area contributed by atoms with Gasteiger partial charge in [-0.3, -0.25) is 9.36 Å². The monoisotopic (exact) mass is 621 g/mol. The highest BCUT2D eigenvalue weighted by Crippen LogP contribution is 2.37. The fourth-order valence-corrected chi connectivity index (χ4v) is 4.86. The van der Waals surface area contributed by atoms with Crippen molar-refractivity contribution in [2.45, 2.75) is 19.3 Å². The Morgan fingerprint density at radius 2 is 1.36 bits per heavy atom. The number of ether oxygens (including phenoxy) is 3. The van der Waals surface area contributed by atoms with Gasteiger partial charge in [-0.1, -0.05) is 47.5 Å². The summed E-state index contributed by atoms with van der Waals surface area (Å²) in [5, 5.41) is -0.925. The van der Waals surface area contributed by atoms with Gasteiger partial charge in [-0.05, 0) is 47.5 Å². The molecule has 1 heterocycles. The molecular formula is C29H24Cl2F3N3O5. The molecule has 3 aromatic carbocycles. The van der Waals surface area contributed by atoms with Gasteiger partial charge in [0.15, 0.2) is 11.4 Å². The molecule has 0 aliphatic carbocycles. The molecule has 0 amide bonds. The van der Waals surface area contributed by atoms with Crippen LogP contribution in [0.2, 0.25) is 10.0 Å². The number of anilines is 1. The quantitative estimate of drug-likeness (QED) is 0.196. The molecule has 0 N–H and O–H groups in total. The molecule has 0 radical (unpaired) electrons. The van der Waals surface area contributed by atoms with Crippen molar-refractivity contribution in [3.8, 4) is 17.2 Å². The van der Waals surface area contributed by atoms with Crippen LogP contribution < -0.4 is 19.9 Å². The summed E-state index contributed by atoms with van der Waals surface area (Å²) in [7, 11) is 4.18. The number of hydrogen-bond acceptors (Lipinski definition) is 7. The highest BCUT2D eigenvalue weighted by molar-refractivity contribution is 6.37. The third-order valence-corrected chi connectivity index (χ3v) is 6.87. The first-order valence-corrected chi connectivity index (χ1v) is 13.0. The number of alkyl halides is 3. The largest absolute Gasteiger partial charge is 0.497 e. The van der Waals surface area contributed by atoms with Gasteiger partial charge >= 0.3 is 12.1 Å². The van der Waals surface area contributed by atoms with E-state index in [-0.39, 0.29) is 24.6 Å². The summed E-state index contributed by atoms with van der Waals surface area (Å²) in [4.78, 5) is 32.9. The van der Waals surface area contributed by atoms with Crippen molar-refractivity contribution in [2.75, 3.05) is 26.2 Å². The molecule has 1 aromatic heterocycles. The van der Waals surface area contributed by atoms with Crippen molar-refractivity contribution < 1.29 is 32.2 Å². The van der Waals surface area contributed by atoms with E-state index >= 15 is 0 Å². The Balaban J connectivity index is 1.87. The average molecular weight is 622 g/mol. The minimum Gasteiger partial charge on any atom is -0.497 e. The molecule has 0 atom stereocenters. The van der Waals surface area contributed by atoms with Crippen LogP contribution >= 0.6 is 23.2 Å². The van der Waals surface area contributed by atoms with E-state index in [2.05, 4.69) is 4.98 Å². The first kappa shape index (κ1) is 30.7. The van der Waals surface area contributed by atoms with E-state index in [1.165, 1.54) is 0 Å². The van der Waals surface area contributed by atoms with Crippen molar-refractivity contribution in [3.05, 3.63) is 110 Å². The summed E-state index contributed by atoms with van der Waals surface area (Å²) in [6.07, 6.45) is -3.67. The van der Waals surface area contributed by atoms with Gasteiger partial charge in [-0.2, -0.15) is 13.2 Å². The van der Waals surface area contributed by atoms with E-state index in [0.717, 1.165) is 29.1 Å². The van der Waals surface area contributed by atoms with Gasteiger partial charge in [0, 0.05) is 13.1 Å². The van der Waals surface area contributed by atoms with Crippen LogP contribution in [-0.4, -0.2) is 36.8 Å². The number of esters is 1. The highest BCUT2D eigenvalue weighted by atomic mass is 35.5. The van der Waals surface area contributed by atoms with Crippen molar-refractivity contribution in [2.24, 2.45) is 0 Å². The lowest BCUT2D eigenvalue weighted by Crippen LogP contribution is -2.33. The number of methoxy groups -OCH3 is 3. The molecule has 0 spiro atoms. The van der Waals surface area contributed by atoms with E-state index in [1.54, 1.807) is 43.4 Å². The molecule has 4 rings (SSSR count).